The van der Waals surface area contributed by atoms with Crippen LogP contribution < -0.4 is 0 Å². The molecule has 35 heavy (non-hydrogen) atoms. The zero-order valence-electron chi connectivity index (χ0n) is 21.6. The summed E-state index contributed by atoms with van der Waals surface area (Å²) in [5.74, 6) is 5.51. The average molecular weight is 568 g/mol. The van der Waals surface area contributed by atoms with Gasteiger partial charge in [-0.3, -0.25) is 0 Å². The molecule has 2 unspecified atom stereocenters. The van der Waals surface area contributed by atoms with Crippen molar-refractivity contribution in [3.8, 4) is 0 Å². The molecule has 2 aliphatic rings. The van der Waals surface area contributed by atoms with Gasteiger partial charge < -0.3 is 2.85 Å². The Hall–Kier alpha value is -2.16. The van der Waals surface area contributed by atoms with Crippen LogP contribution in [0, 0.1) is 0 Å². The van der Waals surface area contributed by atoms with E-state index in [0.29, 0.717) is 0 Å². The molecule has 4 aromatic rings. The van der Waals surface area contributed by atoms with Crippen molar-refractivity contribution in [2.24, 2.45) is 0 Å². The first kappa shape index (κ1) is 23.3. The van der Waals surface area contributed by atoms with E-state index in [2.05, 4.69) is 133 Å². The van der Waals surface area contributed by atoms with Gasteiger partial charge in [0.2, 0.25) is 0 Å². The first-order valence-corrected chi connectivity index (χ1v) is 23.2. The molecule has 0 N–H and O–H groups in total. The maximum Gasteiger partial charge on any atom is -1.00 e. The number of benzene rings is 4. The molecule has 0 saturated carbocycles. The fourth-order valence-corrected chi connectivity index (χ4v) is 32.1. The fourth-order valence-electron chi connectivity index (χ4n) is 5.11. The Morgan fingerprint density at radius 3 is 1.09 bits per heavy atom. The molecule has 0 amide bonds. The molecule has 2 atom stereocenters. The summed E-state index contributed by atoms with van der Waals surface area (Å²) in [6, 6.07) is 44.4. The largest absolute Gasteiger partial charge is 1.00 e. The summed E-state index contributed by atoms with van der Waals surface area (Å²) in [6.45, 7) is 0. The first-order chi connectivity index (χ1) is 17.3. The molecule has 4 aromatic carbocycles. The molecule has 0 aromatic heterocycles. The van der Waals surface area contributed by atoms with E-state index in [1.807, 2.05) is 0 Å². The maximum absolute atomic E-state index is 2.75. The van der Waals surface area contributed by atoms with Crippen LogP contribution in [0.25, 0.3) is 22.3 Å². The number of allylic oxidation sites excluding steroid dienone is 4. The third kappa shape index (κ3) is 5.20. The molecule has 0 spiro atoms. The summed E-state index contributed by atoms with van der Waals surface area (Å²) in [6.07, 6.45) is 2.63. The Balaban J connectivity index is 0.00000160. The van der Waals surface area contributed by atoms with Crippen LogP contribution >= 0.6 is 9.68 Å². The molecule has 2 heterocycles. The zero-order valence-corrected chi connectivity index (χ0v) is 24.1. The van der Waals surface area contributed by atoms with E-state index in [1.54, 1.807) is 11.1 Å². The number of hydrogen-bond acceptors (Lipinski definition) is 0. The van der Waals surface area contributed by atoms with Crippen LogP contribution in [0.3, 0.4) is 0 Å². The molecule has 172 valence electrons. The van der Waals surface area contributed by atoms with Gasteiger partial charge in [0.25, 0.3) is 0 Å². The van der Waals surface area contributed by atoms with Crippen molar-refractivity contribution in [3.05, 3.63) is 144 Å². The second-order valence-corrected chi connectivity index (χ2v) is 28.5. The molecule has 0 radical (unpaired) electrons. The van der Waals surface area contributed by atoms with Crippen LogP contribution in [0.1, 0.15) is 25.1 Å². The first-order valence-electron chi connectivity index (χ1n) is 12.2. The van der Waals surface area contributed by atoms with Crippen molar-refractivity contribution in [1.82, 2.24) is 0 Å². The van der Waals surface area contributed by atoms with Crippen LogP contribution in [0.15, 0.2) is 121 Å². The van der Waals surface area contributed by atoms with Gasteiger partial charge in [0.1, 0.15) is 0 Å². The third-order valence-corrected chi connectivity index (χ3v) is 31.0. The second kappa shape index (κ2) is 10.8. The summed E-state index contributed by atoms with van der Waals surface area (Å²) in [5.41, 5.74) is 11.8. The molecule has 6 rings (SSSR count). The molecule has 0 nitrogen and oxygen atoms in total. The predicted octanol–water partition coefficient (Wildman–Crippen LogP) is 8.41. The molecule has 0 fully saturated rings. The Morgan fingerprint density at radius 2 is 0.743 bits per heavy atom. The second-order valence-electron chi connectivity index (χ2n) is 9.07. The van der Waals surface area contributed by atoms with E-state index >= 15 is 0 Å². The summed E-state index contributed by atoms with van der Waals surface area (Å²) in [5, 5.41) is 0. The number of hydrogen-bond donors (Lipinski definition) is 0. The Kier molecular flexibility index (Phi) is 7.21. The van der Waals surface area contributed by atoms with Crippen molar-refractivity contribution in [2.45, 2.75) is 0 Å². The van der Waals surface area contributed by atoms with Crippen molar-refractivity contribution < 1.29 is 24.9 Å². The topological polar surface area (TPSA) is 0 Å². The van der Waals surface area contributed by atoms with E-state index < -0.39 is 31.7 Å². The van der Waals surface area contributed by atoms with Gasteiger partial charge in [0, 0.05) is 0 Å². The minimum atomic E-state index is -0.522. The van der Waals surface area contributed by atoms with Crippen molar-refractivity contribution in [1.29, 1.82) is 0 Å². The minimum Gasteiger partial charge on any atom is -1.00 e. The average Bonchev–Trinajstić information content (AvgIpc) is 3.56. The van der Waals surface area contributed by atoms with Crippen LogP contribution in [-0.4, -0.2) is 23.9 Å². The van der Waals surface area contributed by atoms with Crippen LogP contribution in [0.5, 0.6) is 0 Å². The third-order valence-electron chi connectivity index (χ3n) is 6.76. The molecule has 0 bridgehead atoms. The quantitative estimate of drug-likeness (QED) is 0.205. The molecule has 0 saturated heterocycles. The molecular formula is C32H30P2Zr. The van der Waals surface area contributed by atoms with Gasteiger partial charge in [-0.25, -0.2) is 0 Å². The predicted molar refractivity (Wildman–Crippen MR) is 160 cm³/mol. The molecule has 3 heteroatoms. The summed E-state index contributed by atoms with van der Waals surface area (Å²) in [4.78, 5) is -0.873. The van der Waals surface area contributed by atoms with Crippen molar-refractivity contribution in [3.63, 3.8) is 0 Å². The standard InChI is InChI=1S/2C16H13P.Zr.2H/c2*1-3-7-13(8-4-1)15-11-17-12-16(15)14-9-5-2-6-10-14;;;/h2*1-11H,12H2;;;/q;;;2*-1/p+2. The Labute approximate surface area is 223 Å². The van der Waals surface area contributed by atoms with Gasteiger partial charge in [-0.05, 0) is 0 Å². The molecule has 2 aliphatic heterocycles. The SMILES string of the molecule is C1=[PH]([Zr+2][PH]2=CC(c3ccccc3)=C(c3ccccc3)C2)CC(c2ccccc2)=C1c1ccccc1.[H-].[H-]. The van der Waals surface area contributed by atoms with Crippen LogP contribution in [0.2, 0.25) is 0 Å². The Morgan fingerprint density at radius 1 is 0.429 bits per heavy atom. The van der Waals surface area contributed by atoms with Gasteiger partial charge in [-0.15, -0.1) is 0 Å². The number of rotatable bonds is 6. The Bertz CT molecular complexity index is 1360. The van der Waals surface area contributed by atoms with Crippen molar-refractivity contribution >= 4 is 43.6 Å². The summed E-state index contributed by atoms with van der Waals surface area (Å²) < 4.78 is 0. The van der Waals surface area contributed by atoms with E-state index in [1.165, 1.54) is 45.7 Å². The van der Waals surface area contributed by atoms with Gasteiger partial charge in [0.05, 0.1) is 0 Å². The van der Waals surface area contributed by atoms with Gasteiger partial charge in [-0.1, -0.05) is 0 Å². The summed E-state index contributed by atoms with van der Waals surface area (Å²) >= 11 is -0.522. The van der Waals surface area contributed by atoms with E-state index in [0.717, 1.165) is 0 Å². The zero-order chi connectivity index (χ0) is 23.5. The monoisotopic (exact) mass is 566 g/mol. The van der Waals surface area contributed by atoms with Crippen LogP contribution in [-0.2, 0) is 22.1 Å². The maximum atomic E-state index is 2.75. The van der Waals surface area contributed by atoms with Gasteiger partial charge in [0.15, 0.2) is 0 Å². The van der Waals surface area contributed by atoms with Gasteiger partial charge in [-0.2, -0.15) is 0 Å². The summed E-state index contributed by atoms with van der Waals surface area (Å²) in [7, 11) is 0. The van der Waals surface area contributed by atoms with E-state index in [4.69, 9.17) is 0 Å². The van der Waals surface area contributed by atoms with Gasteiger partial charge >= 0.3 is 222 Å². The molecule has 0 aliphatic carbocycles. The minimum absolute atomic E-state index is 0. The molecular weight excluding hydrogens is 538 g/mol. The fraction of sp³-hybridized carbons (Fsp3) is 0.0625. The van der Waals surface area contributed by atoms with Crippen LogP contribution in [0.4, 0.5) is 0 Å². The smallest absolute Gasteiger partial charge is 1.00 e. The van der Waals surface area contributed by atoms with E-state index in [-0.39, 0.29) is 2.85 Å². The van der Waals surface area contributed by atoms with Crippen molar-refractivity contribution in [2.75, 3.05) is 12.3 Å². The van der Waals surface area contributed by atoms with E-state index in [9.17, 15) is 0 Å². The normalized spacial score (nSPS) is 19.3.